The van der Waals surface area contributed by atoms with E-state index in [1.807, 2.05) is 10.8 Å². The molecule has 0 N–H and O–H groups in total. The van der Waals surface area contributed by atoms with Gasteiger partial charge in [0.05, 0.1) is 19.1 Å². The van der Waals surface area contributed by atoms with Gasteiger partial charge in [0.1, 0.15) is 5.82 Å². The van der Waals surface area contributed by atoms with Gasteiger partial charge in [-0.1, -0.05) is 0 Å². The Labute approximate surface area is 136 Å². The second-order valence-corrected chi connectivity index (χ2v) is 7.87. The number of imidazole rings is 1. The summed E-state index contributed by atoms with van der Waals surface area (Å²) in [7, 11) is -3.10. The first-order valence-corrected chi connectivity index (χ1v) is 9.66. The molecule has 1 fully saturated rings. The number of aromatic nitrogens is 5. The maximum atomic E-state index is 11.6. The fourth-order valence-electron chi connectivity index (χ4n) is 3.10. The Morgan fingerprint density at radius 3 is 2.57 bits per heavy atom. The lowest BCUT2D eigenvalue weighted by molar-refractivity contribution is 0.310. The zero-order valence-electron chi connectivity index (χ0n) is 13.5. The van der Waals surface area contributed by atoms with Crippen molar-refractivity contribution in [3.63, 3.8) is 0 Å². The van der Waals surface area contributed by atoms with Crippen molar-refractivity contribution in [3.05, 3.63) is 30.4 Å². The molecule has 0 aliphatic carbocycles. The summed E-state index contributed by atoms with van der Waals surface area (Å²) in [5.41, 5.74) is 0. The van der Waals surface area contributed by atoms with E-state index in [9.17, 15) is 8.42 Å². The molecule has 0 amide bonds. The van der Waals surface area contributed by atoms with Gasteiger partial charge >= 0.3 is 0 Å². The number of hydrogen-bond donors (Lipinski definition) is 0. The third-order valence-electron chi connectivity index (χ3n) is 4.34. The summed E-state index contributed by atoms with van der Waals surface area (Å²) in [6.07, 6.45) is 8.25. The van der Waals surface area contributed by atoms with Gasteiger partial charge in [-0.2, -0.15) is 0 Å². The lowest BCUT2D eigenvalue weighted by Crippen LogP contribution is -2.37. The minimum atomic E-state index is -3.10. The zero-order chi connectivity index (χ0) is 16.4. The lowest BCUT2D eigenvalue weighted by Gasteiger charge is -2.29. The van der Waals surface area contributed by atoms with Crippen molar-refractivity contribution in [1.82, 2.24) is 28.6 Å². The molecule has 3 heterocycles. The summed E-state index contributed by atoms with van der Waals surface area (Å²) in [6, 6.07) is 0. The van der Waals surface area contributed by atoms with Crippen molar-refractivity contribution in [1.29, 1.82) is 0 Å². The number of sulfonamides is 1. The highest BCUT2D eigenvalue weighted by molar-refractivity contribution is 7.88. The quantitative estimate of drug-likeness (QED) is 0.800. The number of hydrogen-bond acceptors (Lipinski definition) is 5. The zero-order valence-corrected chi connectivity index (χ0v) is 14.3. The van der Waals surface area contributed by atoms with Crippen LogP contribution in [-0.2, 0) is 23.1 Å². The normalized spacial score (nSPS) is 17.7. The summed E-state index contributed by atoms with van der Waals surface area (Å²) >= 11 is 0. The van der Waals surface area contributed by atoms with Gasteiger partial charge in [0.25, 0.3) is 0 Å². The Hall–Kier alpha value is -1.74. The molecular formula is C14H22N6O2S. The second kappa shape index (κ2) is 6.40. The summed E-state index contributed by atoms with van der Waals surface area (Å²) in [4.78, 5) is 4.04. The molecule has 9 heteroatoms. The second-order valence-electron chi connectivity index (χ2n) is 5.89. The third kappa shape index (κ3) is 3.45. The predicted molar refractivity (Wildman–Crippen MR) is 85.4 cm³/mol. The molecule has 0 saturated carbocycles. The molecule has 0 bridgehead atoms. The average molecular weight is 338 g/mol. The van der Waals surface area contributed by atoms with Gasteiger partial charge < -0.3 is 9.13 Å². The van der Waals surface area contributed by atoms with E-state index in [-0.39, 0.29) is 5.92 Å². The minimum Gasteiger partial charge on any atom is -0.330 e. The van der Waals surface area contributed by atoms with E-state index in [4.69, 9.17) is 0 Å². The van der Waals surface area contributed by atoms with E-state index in [2.05, 4.69) is 26.7 Å². The fraction of sp³-hybridized carbons (Fsp3) is 0.643. The van der Waals surface area contributed by atoms with Crippen LogP contribution in [0.2, 0.25) is 0 Å². The maximum Gasteiger partial charge on any atom is 0.211 e. The predicted octanol–water partition coefficient (Wildman–Crippen LogP) is 0.682. The van der Waals surface area contributed by atoms with Crippen LogP contribution in [0.25, 0.3) is 0 Å². The third-order valence-corrected chi connectivity index (χ3v) is 5.65. The Kier molecular flexibility index (Phi) is 4.49. The Morgan fingerprint density at radius 1 is 1.26 bits per heavy atom. The molecule has 8 nitrogen and oxygen atoms in total. The summed E-state index contributed by atoms with van der Waals surface area (Å²) in [5, 5.41) is 8.73. The maximum absolute atomic E-state index is 11.6. The van der Waals surface area contributed by atoms with Gasteiger partial charge in [0.2, 0.25) is 10.0 Å². The molecule has 23 heavy (non-hydrogen) atoms. The molecule has 2 aromatic rings. The SMILES string of the molecule is CCn1c(Cn2ccnc2)nnc1C1CCN(S(C)(=O)=O)CC1. The van der Waals surface area contributed by atoms with Gasteiger partial charge in [-0.15, -0.1) is 10.2 Å². The van der Waals surface area contributed by atoms with Crippen LogP contribution < -0.4 is 0 Å². The topological polar surface area (TPSA) is 85.9 Å². The molecule has 1 aliphatic rings. The molecule has 2 aromatic heterocycles. The van der Waals surface area contributed by atoms with Crippen molar-refractivity contribution in [2.45, 2.75) is 38.8 Å². The number of nitrogens with zero attached hydrogens (tertiary/aromatic N) is 6. The highest BCUT2D eigenvalue weighted by atomic mass is 32.2. The van der Waals surface area contributed by atoms with Gasteiger partial charge in [0.15, 0.2) is 5.82 Å². The summed E-state index contributed by atoms with van der Waals surface area (Å²) in [5.74, 6) is 2.14. The van der Waals surface area contributed by atoms with E-state index < -0.39 is 10.0 Å². The smallest absolute Gasteiger partial charge is 0.211 e. The monoisotopic (exact) mass is 338 g/mol. The van der Waals surface area contributed by atoms with Crippen LogP contribution in [0, 0.1) is 0 Å². The first-order valence-electron chi connectivity index (χ1n) is 7.82. The van der Waals surface area contributed by atoms with Gasteiger partial charge in [-0.05, 0) is 19.8 Å². The van der Waals surface area contributed by atoms with Crippen LogP contribution in [0.15, 0.2) is 18.7 Å². The Balaban J connectivity index is 1.75. The lowest BCUT2D eigenvalue weighted by atomic mass is 9.97. The molecule has 3 rings (SSSR count). The molecule has 0 atom stereocenters. The highest BCUT2D eigenvalue weighted by Crippen LogP contribution is 2.28. The molecular weight excluding hydrogens is 316 g/mol. The van der Waals surface area contributed by atoms with Gasteiger partial charge in [-0.25, -0.2) is 17.7 Å². The van der Waals surface area contributed by atoms with E-state index in [1.54, 1.807) is 16.8 Å². The van der Waals surface area contributed by atoms with Crippen molar-refractivity contribution in [3.8, 4) is 0 Å². The molecule has 1 saturated heterocycles. The van der Waals surface area contributed by atoms with Crippen molar-refractivity contribution < 1.29 is 8.42 Å². The Bertz CT molecular complexity index is 744. The average Bonchev–Trinajstić information content (AvgIpc) is 3.16. The fourth-order valence-corrected chi connectivity index (χ4v) is 3.98. The van der Waals surface area contributed by atoms with Crippen LogP contribution in [0.4, 0.5) is 0 Å². The van der Waals surface area contributed by atoms with E-state index in [0.29, 0.717) is 19.6 Å². The standard InChI is InChI=1S/C14H22N6O2S/c1-3-20-13(10-18-9-6-15-11-18)16-17-14(20)12-4-7-19(8-5-12)23(2,21)22/h6,9,11-12H,3-5,7-8,10H2,1-2H3. The molecule has 0 aromatic carbocycles. The number of rotatable bonds is 5. The molecule has 0 unspecified atom stereocenters. The Morgan fingerprint density at radius 2 is 2.00 bits per heavy atom. The molecule has 126 valence electrons. The summed E-state index contributed by atoms with van der Waals surface area (Å²) in [6.45, 7) is 4.63. The van der Waals surface area contributed by atoms with Crippen LogP contribution in [0.5, 0.6) is 0 Å². The van der Waals surface area contributed by atoms with Gasteiger partial charge in [0, 0.05) is 37.9 Å². The van der Waals surface area contributed by atoms with E-state index in [1.165, 1.54) is 6.26 Å². The number of piperidine rings is 1. The van der Waals surface area contributed by atoms with Crippen LogP contribution in [0.1, 0.15) is 37.3 Å². The highest BCUT2D eigenvalue weighted by Gasteiger charge is 2.29. The van der Waals surface area contributed by atoms with Crippen LogP contribution >= 0.6 is 0 Å². The molecule has 0 radical (unpaired) electrons. The minimum absolute atomic E-state index is 0.261. The molecule has 1 aliphatic heterocycles. The first kappa shape index (κ1) is 16.1. The van der Waals surface area contributed by atoms with Crippen molar-refractivity contribution in [2.75, 3.05) is 19.3 Å². The largest absolute Gasteiger partial charge is 0.330 e. The van der Waals surface area contributed by atoms with Gasteiger partial charge in [-0.3, -0.25) is 0 Å². The van der Waals surface area contributed by atoms with E-state index in [0.717, 1.165) is 31.0 Å². The van der Waals surface area contributed by atoms with Crippen LogP contribution in [0.3, 0.4) is 0 Å². The van der Waals surface area contributed by atoms with Crippen molar-refractivity contribution in [2.24, 2.45) is 0 Å². The van der Waals surface area contributed by atoms with Crippen molar-refractivity contribution >= 4 is 10.0 Å². The van der Waals surface area contributed by atoms with E-state index >= 15 is 0 Å². The summed E-state index contributed by atoms with van der Waals surface area (Å²) < 4.78 is 28.9. The first-order chi connectivity index (χ1) is 11.0. The molecule has 0 spiro atoms. The van der Waals surface area contributed by atoms with Crippen LogP contribution in [-0.4, -0.2) is 56.4 Å².